The van der Waals surface area contributed by atoms with Gasteiger partial charge in [0, 0.05) is 24.1 Å². The summed E-state index contributed by atoms with van der Waals surface area (Å²) in [4.78, 5) is 26.1. The number of carboxylic acids is 1. The minimum Gasteiger partial charge on any atom is -0.493 e. The number of methoxy groups -OCH3 is 2. The number of carboxylic acid groups (broad SMARTS) is 1. The number of allylic oxidation sites excluding steroid dienone is 1. The van der Waals surface area contributed by atoms with E-state index in [0.29, 0.717) is 48.7 Å². The number of carbonyl (C=O) groups is 2. The topological polar surface area (TPSA) is 118 Å². The van der Waals surface area contributed by atoms with Crippen molar-refractivity contribution in [2.24, 2.45) is 0 Å². The number of carbonyl (C=O) groups excluding carboxylic acids is 1. The number of hydrogen-bond donors (Lipinski definition) is 2. The molecular formula is C32H41FN2O7. The Kier molecular flexibility index (Phi) is 11.0. The van der Waals surface area contributed by atoms with Crippen LogP contribution in [0, 0.1) is 11.2 Å². The zero-order valence-corrected chi connectivity index (χ0v) is 25.1. The summed E-state index contributed by atoms with van der Waals surface area (Å²) < 4.78 is 37.9. The van der Waals surface area contributed by atoms with Crippen LogP contribution in [0.5, 0.6) is 23.0 Å². The van der Waals surface area contributed by atoms with Gasteiger partial charge in [0.2, 0.25) is 0 Å². The van der Waals surface area contributed by atoms with Gasteiger partial charge in [-0.15, -0.1) is 6.58 Å². The second-order valence-corrected chi connectivity index (χ2v) is 11.2. The summed E-state index contributed by atoms with van der Waals surface area (Å²) in [5.41, 5.74) is 1.37. The molecule has 0 spiro atoms. The SMILES string of the molecule is C=CCCCOc1cc(C(=O)CN2Cc3cc(OC)c(OC)c(F)c3C2=N)cc(C(C)(C)C)c1OCCCCC(=O)O. The number of aliphatic carboxylic acids is 1. The van der Waals surface area contributed by atoms with E-state index in [1.165, 1.54) is 19.1 Å². The number of benzene rings is 2. The van der Waals surface area contributed by atoms with Crippen LogP contribution in [0.15, 0.2) is 30.9 Å². The van der Waals surface area contributed by atoms with Gasteiger partial charge in [0.25, 0.3) is 0 Å². The second kappa shape index (κ2) is 14.2. The summed E-state index contributed by atoms with van der Waals surface area (Å²) in [6, 6.07) is 5.06. The molecule has 0 amide bonds. The van der Waals surface area contributed by atoms with E-state index in [1.807, 2.05) is 20.8 Å². The maximum atomic E-state index is 15.2. The highest BCUT2D eigenvalue weighted by atomic mass is 19.1. The van der Waals surface area contributed by atoms with Crippen molar-refractivity contribution in [2.75, 3.05) is 34.0 Å². The Hall–Kier alpha value is -4.08. The highest BCUT2D eigenvalue weighted by molar-refractivity contribution is 6.06. The van der Waals surface area contributed by atoms with E-state index in [9.17, 15) is 9.59 Å². The van der Waals surface area contributed by atoms with Crippen LogP contribution in [0.4, 0.5) is 4.39 Å². The van der Waals surface area contributed by atoms with E-state index in [-0.39, 0.29) is 48.2 Å². The van der Waals surface area contributed by atoms with Gasteiger partial charge < -0.3 is 29.0 Å². The van der Waals surface area contributed by atoms with Crippen molar-refractivity contribution in [3.63, 3.8) is 0 Å². The Bertz CT molecular complexity index is 1330. The van der Waals surface area contributed by atoms with Crippen molar-refractivity contribution in [2.45, 2.75) is 64.8 Å². The molecule has 42 heavy (non-hydrogen) atoms. The first kappa shape index (κ1) is 32.4. The number of nitrogens with zero attached hydrogens (tertiary/aromatic N) is 1. The standard InChI is InChI=1S/C32H41FN2O7/c1-7-8-10-13-41-25-16-20(15-22(32(2,3)4)29(25)42-14-11-9-12-26(37)38)23(36)19-35-18-21-17-24(39-5)30(40-6)28(33)27(21)31(35)34/h7,15-17,34H,1,8-14,18-19H2,2-6H3,(H,37,38). The van der Waals surface area contributed by atoms with Crippen LogP contribution in [-0.4, -0.2) is 61.6 Å². The van der Waals surface area contributed by atoms with Crippen molar-refractivity contribution in [3.8, 4) is 23.0 Å². The van der Waals surface area contributed by atoms with Gasteiger partial charge in [0.1, 0.15) is 5.84 Å². The first-order chi connectivity index (χ1) is 19.9. The van der Waals surface area contributed by atoms with E-state index in [2.05, 4.69) is 6.58 Å². The minimum atomic E-state index is -0.852. The number of rotatable bonds is 16. The van der Waals surface area contributed by atoms with Gasteiger partial charge >= 0.3 is 5.97 Å². The Morgan fingerprint density at radius 1 is 1.05 bits per heavy atom. The first-order valence-corrected chi connectivity index (χ1v) is 14.0. The summed E-state index contributed by atoms with van der Waals surface area (Å²) in [7, 11) is 2.75. The van der Waals surface area contributed by atoms with Crippen LogP contribution in [0.25, 0.3) is 0 Å². The third-order valence-electron chi connectivity index (χ3n) is 6.97. The van der Waals surface area contributed by atoms with Crippen molar-refractivity contribution < 1.29 is 38.0 Å². The lowest BCUT2D eigenvalue weighted by atomic mass is 9.84. The number of ketones is 1. The second-order valence-electron chi connectivity index (χ2n) is 11.2. The number of Topliss-reactive ketones (excluding diaryl/α,β-unsaturated/α-hetero) is 1. The molecule has 0 radical (unpaired) electrons. The number of fused-ring (bicyclic) bond motifs is 1. The smallest absolute Gasteiger partial charge is 0.303 e. The lowest BCUT2D eigenvalue weighted by Crippen LogP contribution is -2.30. The van der Waals surface area contributed by atoms with Crippen LogP contribution >= 0.6 is 0 Å². The average molecular weight is 585 g/mol. The van der Waals surface area contributed by atoms with Crippen LogP contribution < -0.4 is 18.9 Å². The molecule has 0 saturated heterocycles. The molecule has 2 aromatic carbocycles. The molecule has 10 heteroatoms. The molecule has 9 nitrogen and oxygen atoms in total. The van der Waals surface area contributed by atoms with Crippen molar-refractivity contribution in [1.29, 1.82) is 5.41 Å². The number of unbranched alkanes of at least 4 members (excludes halogenated alkanes) is 2. The Balaban J connectivity index is 1.91. The van der Waals surface area contributed by atoms with Gasteiger partial charge in [-0.2, -0.15) is 0 Å². The molecule has 1 heterocycles. The first-order valence-electron chi connectivity index (χ1n) is 14.0. The fraction of sp³-hybridized carbons (Fsp3) is 0.469. The van der Waals surface area contributed by atoms with E-state index in [1.54, 1.807) is 24.3 Å². The van der Waals surface area contributed by atoms with Gasteiger partial charge in [-0.05, 0) is 54.9 Å². The molecule has 0 aromatic heterocycles. The number of ether oxygens (including phenoxy) is 4. The van der Waals surface area contributed by atoms with Crippen LogP contribution in [0.1, 0.15) is 79.9 Å². The fourth-order valence-corrected chi connectivity index (χ4v) is 4.76. The molecule has 0 atom stereocenters. The van der Waals surface area contributed by atoms with Gasteiger partial charge in [-0.25, -0.2) is 4.39 Å². The summed E-state index contributed by atoms with van der Waals surface area (Å²) in [5.74, 6) is -0.820. The van der Waals surface area contributed by atoms with E-state index >= 15 is 4.39 Å². The molecule has 1 aliphatic heterocycles. The molecule has 228 valence electrons. The molecule has 2 N–H and O–H groups in total. The predicted molar refractivity (Wildman–Crippen MR) is 158 cm³/mol. The van der Waals surface area contributed by atoms with Crippen LogP contribution in [0.3, 0.4) is 0 Å². The summed E-state index contributed by atoms with van der Waals surface area (Å²) >= 11 is 0. The Morgan fingerprint density at radius 2 is 1.76 bits per heavy atom. The van der Waals surface area contributed by atoms with Gasteiger partial charge in [0.05, 0.1) is 39.5 Å². The minimum absolute atomic E-state index is 0.0622. The molecule has 0 aliphatic carbocycles. The highest BCUT2D eigenvalue weighted by Crippen LogP contribution is 2.41. The maximum absolute atomic E-state index is 15.2. The number of nitrogens with one attached hydrogen (secondary N) is 1. The Morgan fingerprint density at radius 3 is 2.38 bits per heavy atom. The summed E-state index contributed by atoms with van der Waals surface area (Å²) in [5, 5.41) is 17.5. The van der Waals surface area contributed by atoms with Crippen molar-refractivity contribution in [1.82, 2.24) is 4.90 Å². The number of halogens is 1. The monoisotopic (exact) mass is 584 g/mol. The predicted octanol–water partition coefficient (Wildman–Crippen LogP) is 6.14. The lowest BCUT2D eigenvalue weighted by molar-refractivity contribution is -0.137. The average Bonchev–Trinajstić information content (AvgIpc) is 3.24. The molecule has 1 aliphatic rings. The van der Waals surface area contributed by atoms with Gasteiger partial charge in [-0.1, -0.05) is 26.8 Å². The van der Waals surface area contributed by atoms with Crippen molar-refractivity contribution in [3.05, 3.63) is 58.9 Å². The van der Waals surface area contributed by atoms with Crippen LogP contribution in [0.2, 0.25) is 0 Å². The third-order valence-corrected chi connectivity index (χ3v) is 6.97. The van der Waals surface area contributed by atoms with E-state index in [0.717, 1.165) is 18.4 Å². The molecule has 0 saturated carbocycles. The summed E-state index contributed by atoms with van der Waals surface area (Å²) in [6.45, 7) is 10.5. The van der Waals surface area contributed by atoms with Crippen molar-refractivity contribution >= 4 is 17.6 Å². The third kappa shape index (κ3) is 7.60. The highest BCUT2D eigenvalue weighted by Gasteiger charge is 2.33. The van der Waals surface area contributed by atoms with Gasteiger partial charge in [0.15, 0.2) is 34.6 Å². The molecule has 0 fully saturated rings. The molecule has 0 unspecified atom stereocenters. The summed E-state index contributed by atoms with van der Waals surface area (Å²) in [6.07, 6.45) is 4.39. The lowest BCUT2D eigenvalue weighted by Gasteiger charge is -2.26. The Labute approximate surface area is 246 Å². The largest absolute Gasteiger partial charge is 0.493 e. The maximum Gasteiger partial charge on any atom is 0.303 e. The van der Waals surface area contributed by atoms with Gasteiger partial charge in [-0.3, -0.25) is 15.0 Å². The zero-order chi connectivity index (χ0) is 31.0. The normalized spacial score (nSPS) is 12.6. The fourth-order valence-electron chi connectivity index (χ4n) is 4.76. The van der Waals surface area contributed by atoms with E-state index < -0.39 is 17.2 Å². The molecular weight excluding hydrogens is 543 g/mol. The van der Waals surface area contributed by atoms with Crippen LogP contribution in [-0.2, 0) is 16.8 Å². The molecule has 2 aromatic rings. The number of hydrogen-bond acceptors (Lipinski definition) is 7. The van der Waals surface area contributed by atoms with E-state index in [4.69, 9.17) is 29.5 Å². The zero-order valence-electron chi connectivity index (χ0n) is 25.1. The molecule has 3 rings (SSSR count). The number of amidine groups is 1. The molecule has 0 bridgehead atoms. The quantitative estimate of drug-likeness (QED) is 0.137.